The van der Waals surface area contributed by atoms with Gasteiger partial charge in [0.1, 0.15) is 12.4 Å². The third kappa shape index (κ3) is 6.35. The highest BCUT2D eigenvalue weighted by molar-refractivity contribution is 5.67. The quantitative estimate of drug-likeness (QED) is 0.765. The van der Waals surface area contributed by atoms with E-state index in [0.717, 1.165) is 49.7 Å². The van der Waals surface area contributed by atoms with E-state index in [1.54, 1.807) is 4.90 Å². The summed E-state index contributed by atoms with van der Waals surface area (Å²) in [7, 11) is 0. The average Bonchev–Trinajstić information content (AvgIpc) is 2.74. The summed E-state index contributed by atoms with van der Waals surface area (Å²) >= 11 is 0. The number of likely N-dealkylation sites (tertiary alicyclic amines) is 1. The van der Waals surface area contributed by atoms with E-state index in [1.807, 2.05) is 30.3 Å². The molecule has 1 N–H and O–H groups in total. The first-order valence-corrected chi connectivity index (χ1v) is 10.3. The first kappa shape index (κ1) is 19.9. The second-order valence-corrected chi connectivity index (χ2v) is 7.57. The third-order valence-electron chi connectivity index (χ3n) is 5.58. The molecule has 27 heavy (non-hydrogen) atoms. The Morgan fingerprint density at radius 3 is 2.52 bits per heavy atom. The molecule has 4 nitrogen and oxygen atoms in total. The average molecular weight is 375 g/mol. The van der Waals surface area contributed by atoms with Crippen LogP contribution in [0.1, 0.15) is 56.9 Å². The highest BCUT2D eigenvalue weighted by Gasteiger charge is 2.23. The third-order valence-corrected chi connectivity index (χ3v) is 5.58. The van der Waals surface area contributed by atoms with Gasteiger partial charge in [-0.2, -0.15) is 0 Å². The van der Waals surface area contributed by atoms with Crippen LogP contribution in [0.25, 0.3) is 0 Å². The van der Waals surface area contributed by atoms with Crippen LogP contribution < -0.4 is 5.32 Å². The first-order chi connectivity index (χ1) is 13.2. The number of carbonyl (C=O) groups is 1. The molecule has 2 fully saturated rings. The number of hydrogen-bond acceptors (Lipinski definition) is 3. The maximum atomic E-state index is 14.2. The number of amides is 1. The van der Waals surface area contributed by atoms with Crippen LogP contribution in [0.3, 0.4) is 0 Å². The van der Waals surface area contributed by atoms with Crippen molar-refractivity contribution in [3.63, 3.8) is 0 Å². The normalized spacial score (nSPS) is 18.4. The molecular formula is C22H31FN2O2. The lowest BCUT2D eigenvalue weighted by Crippen LogP contribution is -2.45. The van der Waals surface area contributed by atoms with Gasteiger partial charge >= 0.3 is 6.09 Å². The van der Waals surface area contributed by atoms with Crippen LogP contribution in [0.5, 0.6) is 0 Å². The van der Waals surface area contributed by atoms with Gasteiger partial charge in [-0.15, -0.1) is 0 Å². The van der Waals surface area contributed by atoms with Gasteiger partial charge in [-0.3, -0.25) is 0 Å². The SMILES string of the molecule is O=C(OCc1ccccc1)N1CCC(NCCC(F)=C2CCCCC2)CC1. The summed E-state index contributed by atoms with van der Waals surface area (Å²) in [4.78, 5) is 14.0. The minimum Gasteiger partial charge on any atom is -0.445 e. The van der Waals surface area contributed by atoms with E-state index in [4.69, 9.17) is 4.74 Å². The number of hydrogen-bond donors (Lipinski definition) is 1. The number of carbonyl (C=O) groups excluding carboxylic acids is 1. The number of allylic oxidation sites excluding steroid dienone is 1. The Balaban J connectivity index is 1.32. The molecule has 0 aromatic heterocycles. The van der Waals surface area contributed by atoms with Crippen molar-refractivity contribution in [3.8, 4) is 0 Å². The molecule has 1 aromatic carbocycles. The molecule has 5 heteroatoms. The molecule has 1 aliphatic carbocycles. The van der Waals surface area contributed by atoms with Crippen LogP contribution >= 0.6 is 0 Å². The number of ether oxygens (including phenoxy) is 1. The topological polar surface area (TPSA) is 41.6 Å². The molecular weight excluding hydrogens is 343 g/mol. The van der Waals surface area contributed by atoms with E-state index in [-0.39, 0.29) is 11.9 Å². The lowest BCUT2D eigenvalue weighted by molar-refractivity contribution is 0.0853. The number of benzene rings is 1. The van der Waals surface area contributed by atoms with Gasteiger partial charge < -0.3 is 15.0 Å². The molecule has 1 aliphatic heterocycles. The van der Waals surface area contributed by atoms with Crippen molar-refractivity contribution < 1.29 is 13.9 Å². The van der Waals surface area contributed by atoms with Gasteiger partial charge in [0, 0.05) is 32.1 Å². The lowest BCUT2D eigenvalue weighted by Gasteiger charge is -2.31. The van der Waals surface area contributed by atoms with Gasteiger partial charge in [-0.25, -0.2) is 9.18 Å². The van der Waals surface area contributed by atoms with Crippen LogP contribution in [0, 0.1) is 0 Å². The monoisotopic (exact) mass is 374 g/mol. The zero-order chi connectivity index (χ0) is 18.9. The Bertz CT molecular complexity index is 616. The fraction of sp³-hybridized carbons (Fsp3) is 0.591. The summed E-state index contributed by atoms with van der Waals surface area (Å²) in [6.45, 7) is 2.37. The molecule has 0 radical (unpaired) electrons. The van der Waals surface area contributed by atoms with E-state index >= 15 is 0 Å². The van der Waals surface area contributed by atoms with Crippen molar-refractivity contribution in [2.75, 3.05) is 19.6 Å². The van der Waals surface area contributed by atoms with E-state index in [9.17, 15) is 9.18 Å². The van der Waals surface area contributed by atoms with Crippen molar-refractivity contribution in [1.29, 1.82) is 0 Å². The first-order valence-electron chi connectivity index (χ1n) is 10.3. The highest BCUT2D eigenvalue weighted by Crippen LogP contribution is 2.27. The predicted octanol–water partition coefficient (Wildman–Crippen LogP) is 4.96. The largest absolute Gasteiger partial charge is 0.445 e. The molecule has 1 saturated heterocycles. The summed E-state index contributed by atoms with van der Waals surface area (Å²) in [6, 6.07) is 10.1. The van der Waals surface area contributed by atoms with Gasteiger partial charge in [0.2, 0.25) is 0 Å². The summed E-state index contributed by atoms with van der Waals surface area (Å²) in [5.74, 6) is 0.101. The van der Waals surface area contributed by atoms with Crippen LogP contribution in [-0.4, -0.2) is 36.7 Å². The van der Waals surface area contributed by atoms with Crippen LogP contribution in [0.4, 0.5) is 9.18 Å². The molecule has 0 spiro atoms. The van der Waals surface area contributed by atoms with Crippen LogP contribution in [0.15, 0.2) is 41.7 Å². The molecule has 2 aliphatic rings. The molecule has 148 valence electrons. The summed E-state index contributed by atoms with van der Waals surface area (Å²) < 4.78 is 19.6. The molecule has 1 saturated carbocycles. The number of halogens is 1. The van der Waals surface area contributed by atoms with Crippen molar-refractivity contribution >= 4 is 6.09 Å². The number of nitrogens with one attached hydrogen (secondary N) is 1. The molecule has 1 aromatic rings. The Morgan fingerprint density at radius 2 is 1.81 bits per heavy atom. The molecule has 0 bridgehead atoms. The summed E-state index contributed by atoms with van der Waals surface area (Å²) in [5.41, 5.74) is 2.04. The van der Waals surface area contributed by atoms with Gasteiger partial charge in [0.05, 0.1) is 0 Å². The minimum absolute atomic E-state index is 0.101. The van der Waals surface area contributed by atoms with Gasteiger partial charge in [0.25, 0.3) is 0 Å². The molecule has 1 amide bonds. The fourth-order valence-electron chi connectivity index (χ4n) is 3.89. The zero-order valence-electron chi connectivity index (χ0n) is 16.1. The van der Waals surface area contributed by atoms with Crippen molar-refractivity contribution in [2.45, 2.75) is 64.0 Å². The van der Waals surface area contributed by atoms with E-state index < -0.39 is 0 Å². The van der Waals surface area contributed by atoms with E-state index in [2.05, 4.69) is 5.32 Å². The number of nitrogens with zero attached hydrogens (tertiary/aromatic N) is 1. The Morgan fingerprint density at radius 1 is 1.11 bits per heavy atom. The van der Waals surface area contributed by atoms with E-state index in [1.165, 1.54) is 6.42 Å². The van der Waals surface area contributed by atoms with Gasteiger partial charge in [0.15, 0.2) is 0 Å². The maximum Gasteiger partial charge on any atom is 0.410 e. The highest BCUT2D eigenvalue weighted by atomic mass is 19.1. The standard InChI is InChI=1S/C22H31FN2O2/c23-21(19-9-5-2-6-10-19)11-14-24-20-12-15-25(16-13-20)22(26)27-17-18-7-3-1-4-8-18/h1,3-4,7-8,20,24H,2,5-6,9-17H2. The Hall–Kier alpha value is -1.88. The summed E-state index contributed by atoms with van der Waals surface area (Å²) in [6.07, 6.45) is 7.41. The molecule has 3 rings (SSSR count). The molecule has 0 unspecified atom stereocenters. The van der Waals surface area contributed by atoms with Crippen molar-refractivity contribution in [3.05, 3.63) is 47.3 Å². The smallest absolute Gasteiger partial charge is 0.410 e. The second-order valence-electron chi connectivity index (χ2n) is 7.57. The molecule has 1 heterocycles. The van der Waals surface area contributed by atoms with Crippen LogP contribution in [-0.2, 0) is 11.3 Å². The lowest BCUT2D eigenvalue weighted by atomic mass is 9.93. The predicted molar refractivity (Wildman–Crippen MR) is 105 cm³/mol. The fourth-order valence-corrected chi connectivity index (χ4v) is 3.89. The van der Waals surface area contributed by atoms with E-state index in [0.29, 0.717) is 38.7 Å². The Labute approximate surface area is 161 Å². The zero-order valence-corrected chi connectivity index (χ0v) is 16.1. The maximum absolute atomic E-state index is 14.2. The molecule has 0 atom stereocenters. The van der Waals surface area contributed by atoms with Crippen LogP contribution in [0.2, 0.25) is 0 Å². The minimum atomic E-state index is -0.245. The van der Waals surface area contributed by atoms with Gasteiger partial charge in [-0.05, 0) is 49.7 Å². The van der Waals surface area contributed by atoms with Crippen molar-refractivity contribution in [1.82, 2.24) is 10.2 Å². The van der Waals surface area contributed by atoms with Gasteiger partial charge in [-0.1, -0.05) is 36.8 Å². The number of rotatable bonds is 6. The Kier molecular flexibility index (Phi) is 7.69. The summed E-state index contributed by atoms with van der Waals surface area (Å²) in [5, 5.41) is 3.46. The second kappa shape index (κ2) is 10.5. The van der Waals surface area contributed by atoms with Crippen molar-refractivity contribution in [2.24, 2.45) is 0 Å². The number of piperidine rings is 1.